The van der Waals surface area contributed by atoms with E-state index in [2.05, 4.69) is 0 Å². The van der Waals surface area contributed by atoms with Gasteiger partial charge in [0.15, 0.2) is 0 Å². The molecule has 0 amide bonds. The van der Waals surface area contributed by atoms with Gasteiger partial charge in [-0.2, -0.15) is 13.2 Å². The molecule has 0 fully saturated rings. The fourth-order valence-corrected chi connectivity index (χ4v) is 1.51. The summed E-state index contributed by atoms with van der Waals surface area (Å²) in [6.45, 7) is 3.69. The molecule has 0 aliphatic rings. The Bertz CT molecular complexity index is 293. The third-order valence-electron chi connectivity index (χ3n) is 2.30. The first-order chi connectivity index (χ1) is 6.40. The highest BCUT2D eigenvalue weighted by atomic mass is 19.4. The third-order valence-corrected chi connectivity index (χ3v) is 2.30. The average Bonchev–Trinajstić information content (AvgIpc) is 2.01. The molecule has 0 saturated carbocycles. The maximum atomic E-state index is 12.0. The van der Waals surface area contributed by atoms with Crippen LogP contribution in [-0.4, -0.2) is 6.18 Å². The summed E-state index contributed by atoms with van der Waals surface area (Å²) in [5.74, 6) is 0. The zero-order chi connectivity index (χ0) is 10.8. The number of aryl methyl sites for hydroxylation is 2. The molecule has 0 aliphatic carbocycles. The number of alkyl halides is 3. The fourth-order valence-electron chi connectivity index (χ4n) is 1.51. The van der Waals surface area contributed by atoms with E-state index in [1.807, 2.05) is 32.0 Å². The maximum Gasteiger partial charge on any atom is 0.389 e. The molecule has 1 aromatic carbocycles. The van der Waals surface area contributed by atoms with E-state index in [-0.39, 0.29) is 6.42 Å². The quantitative estimate of drug-likeness (QED) is 0.684. The molecule has 0 radical (unpaired) electrons. The van der Waals surface area contributed by atoms with Gasteiger partial charge in [-0.1, -0.05) is 18.2 Å². The predicted octanol–water partition coefficient (Wildman–Crippen LogP) is 3.80. The SMILES string of the molecule is Cc1cccc(C)c1CCC(F)(F)F. The molecule has 0 aromatic heterocycles. The average molecular weight is 202 g/mol. The van der Waals surface area contributed by atoms with Crippen LogP contribution in [0.5, 0.6) is 0 Å². The van der Waals surface area contributed by atoms with E-state index >= 15 is 0 Å². The van der Waals surface area contributed by atoms with Crippen LogP contribution in [0.4, 0.5) is 13.2 Å². The lowest BCUT2D eigenvalue weighted by atomic mass is 9.99. The van der Waals surface area contributed by atoms with Gasteiger partial charge in [0.05, 0.1) is 0 Å². The van der Waals surface area contributed by atoms with Crippen LogP contribution in [0.1, 0.15) is 23.1 Å². The van der Waals surface area contributed by atoms with Crippen LogP contribution in [0.2, 0.25) is 0 Å². The van der Waals surface area contributed by atoms with E-state index < -0.39 is 12.6 Å². The van der Waals surface area contributed by atoms with Crippen LogP contribution in [0.25, 0.3) is 0 Å². The smallest absolute Gasteiger partial charge is 0.171 e. The molecule has 0 saturated heterocycles. The number of halogens is 3. The molecule has 1 rings (SSSR count). The molecule has 0 spiro atoms. The third kappa shape index (κ3) is 3.05. The van der Waals surface area contributed by atoms with E-state index in [0.29, 0.717) is 0 Å². The minimum atomic E-state index is -4.06. The number of hydrogen-bond acceptors (Lipinski definition) is 0. The summed E-state index contributed by atoms with van der Waals surface area (Å²) in [6, 6.07) is 5.55. The van der Waals surface area contributed by atoms with Gasteiger partial charge in [-0.25, -0.2) is 0 Å². The van der Waals surface area contributed by atoms with Crippen molar-refractivity contribution in [2.24, 2.45) is 0 Å². The molecular weight excluding hydrogens is 189 g/mol. The highest BCUT2D eigenvalue weighted by Crippen LogP contribution is 2.24. The standard InChI is InChI=1S/C11H13F3/c1-8-4-3-5-9(2)10(8)6-7-11(12,13)14/h3-5H,6-7H2,1-2H3. The summed E-state index contributed by atoms with van der Waals surface area (Å²) in [5.41, 5.74) is 2.70. The van der Waals surface area contributed by atoms with Crippen molar-refractivity contribution in [1.29, 1.82) is 0 Å². The summed E-state index contributed by atoms with van der Waals surface area (Å²) >= 11 is 0. The molecule has 1 aromatic rings. The van der Waals surface area contributed by atoms with Crippen molar-refractivity contribution in [3.05, 3.63) is 34.9 Å². The summed E-state index contributed by atoms with van der Waals surface area (Å²) in [5, 5.41) is 0. The van der Waals surface area contributed by atoms with Crippen molar-refractivity contribution in [1.82, 2.24) is 0 Å². The highest BCUT2D eigenvalue weighted by molar-refractivity contribution is 5.33. The first-order valence-electron chi connectivity index (χ1n) is 4.52. The van der Waals surface area contributed by atoms with Crippen LogP contribution < -0.4 is 0 Å². The van der Waals surface area contributed by atoms with Crippen molar-refractivity contribution in [3.8, 4) is 0 Å². The second kappa shape index (κ2) is 4.03. The molecule has 0 heterocycles. The Balaban J connectivity index is 2.77. The molecule has 0 atom stereocenters. The Morgan fingerprint density at radius 2 is 1.57 bits per heavy atom. The molecule has 0 nitrogen and oxygen atoms in total. The number of rotatable bonds is 2. The zero-order valence-corrected chi connectivity index (χ0v) is 8.28. The van der Waals surface area contributed by atoms with Crippen LogP contribution in [0, 0.1) is 13.8 Å². The van der Waals surface area contributed by atoms with E-state index in [1.54, 1.807) is 0 Å². The normalized spacial score (nSPS) is 11.8. The number of hydrogen-bond donors (Lipinski definition) is 0. The Kier molecular flexibility index (Phi) is 3.19. The first kappa shape index (κ1) is 11.1. The summed E-state index contributed by atoms with van der Waals surface area (Å²) in [4.78, 5) is 0. The van der Waals surface area contributed by atoms with E-state index in [9.17, 15) is 13.2 Å². The van der Waals surface area contributed by atoms with Crippen molar-refractivity contribution in [2.45, 2.75) is 32.9 Å². The van der Waals surface area contributed by atoms with Gasteiger partial charge in [-0.3, -0.25) is 0 Å². The predicted molar refractivity (Wildman–Crippen MR) is 50.3 cm³/mol. The lowest BCUT2D eigenvalue weighted by molar-refractivity contribution is -0.134. The van der Waals surface area contributed by atoms with Crippen LogP contribution in [-0.2, 0) is 6.42 Å². The monoisotopic (exact) mass is 202 g/mol. The van der Waals surface area contributed by atoms with Gasteiger partial charge < -0.3 is 0 Å². The molecule has 0 bridgehead atoms. The van der Waals surface area contributed by atoms with Crippen molar-refractivity contribution < 1.29 is 13.2 Å². The lowest BCUT2D eigenvalue weighted by Crippen LogP contribution is -2.09. The molecule has 78 valence electrons. The van der Waals surface area contributed by atoms with Gasteiger partial charge >= 0.3 is 6.18 Å². The second-order valence-electron chi connectivity index (χ2n) is 3.49. The van der Waals surface area contributed by atoms with E-state index in [0.717, 1.165) is 16.7 Å². The van der Waals surface area contributed by atoms with Crippen LogP contribution >= 0.6 is 0 Å². The molecule has 14 heavy (non-hydrogen) atoms. The second-order valence-corrected chi connectivity index (χ2v) is 3.49. The van der Waals surface area contributed by atoms with Gasteiger partial charge in [0.1, 0.15) is 0 Å². The van der Waals surface area contributed by atoms with E-state index in [1.165, 1.54) is 0 Å². The molecule has 3 heteroatoms. The Morgan fingerprint density at radius 3 is 2.00 bits per heavy atom. The highest BCUT2D eigenvalue weighted by Gasteiger charge is 2.26. The molecule has 0 unspecified atom stereocenters. The van der Waals surface area contributed by atoms with Gasteiger partial charge in [0, 0.05) is 6.42 Å². The first-order valence-corrected chi connectivity index (χ1v) is 4.52. The molecular formula is C11H13F3. The van der Waals surface area contributed by atoms with Gasteiger partial charge in [-0.15, -0.1) is 0 Å². The van der Waals surface area contributed by atoms with Crippen LogP contribution in [0.15, 0.2) is 18.2 Å². The van der Waals surface area contributed by atoms with E-state index in [4.69, 9.17) is 0 Å². The summed E-state index contributed by atoms with van der Waals surface area (Å²) in [6.07, 6.45) is -4.71. The van der Waals surface area contributed by atoms with Crippen molar-refractivity contribution in [2.75, 3.05) is 0 Å². The van der Waals surface area contributed by atoms with Crippen molar-refractivity contribution >= 4 is 0 Å². The Labute approximate surface area is 81.8 Å². The zero-order valence-electron chi connectivity index (χ0n) is 8.28. The number of benzene rings is 1. The maximum absolute atomic E-state index is 12.0. The Hall–Kier alpha value is -0.990. The minimum absolute atomic E-state index is 0.0853. The van der Waals surface area contributed by atoms with Gasteiger partial charge in [-0.05, 0) is 37.0 Å². The summed E-state index contributed by atoms with van der Waals surface area (Å²) in [7, 11) is 0. The fraction of sp³-hybridized carbons (Fsp3) is 0.455. The topological polar surface area (TPSA) is 0 Å². The van der Waals surface area contributed by atoms with Crippen molar-refractivity contribution in [3.63, 3.8) is 0 Å². The van der Waals surface area contributed by atoms with Gasteiger partial charge in [0.2, 0.25) is 0 Å². The van der Waals surface area contributed by atoms with Gasteiger partial charge in [0.25, 0.3) is 0 Å². The lowest BCUT2D eigenvalue weighted by Gasteiger charge is -2.11. The minimum Gasteiger partial charge on any atom is -0.171 e. The molecule has 0 aliphatic heterocycles. The van der Waals surface area contributed by atoms with Crippen LogP contribution in [0.3, 0.4) is 0 Å². The molecule has 0 N–H and O–H groups in total. The largest absolute Gasteiger partial charge is 0.389 e. The summed E-state index contributed by atoms with van der Waals surface area (Å²) < 4.78 is 36.0. The Morgan fingerprint density at radius 1 is 1.07 bits per heavy atom.